The van der Waals surface area contributed by atoms with Gasteiger partial charge in [-0.1, -0.05) is 32.1 Å². The van der Waals surface area contributed by atoms with Gasteiger partial charge in [0.25, 0.3) is 15.6 Å². The third kappa shape index (κ3) is 5.61. The zero-order valence-corrected chi connectivity index (χ0v) is 19.7. The fraction of sp³-hybridized carbons (Fsp3) is 0.417. The molecule has 1 saturated carbocycles. The number of rotatable bonds is 8. The smallest absolute Gasteiger partial charge is 0.262 e. The van der Waals surface area contributed by atoms with Crippen molar-refractivity contribution in [2.45, 2.75) is 62.9 Å². The van der Waals surface area contributed by atoms with Crippen LogP contribution in [0.2, 0.25) is 0 Å². The summed E-state index contributed by atoms with van der Waals surface area (Å²) in [6.07, 6.45) is 8.30. The Labute approximate surface area is 197 Å². The summed E-state index contributed by atoms with van der Waals surface area (Å²) in [6.45, 7) is 2.33. The molecule has 182 valence electrons. The molecule has 1 aliphatic rings. The second kappa shape index (κ2) is 10.2. The monoisotopic (exact) mass is 490 g/mol. The highest BCUT2D eigenvalue weighted by atomic mass is 32.2. The van der Waals surface area contributed by atoms with Crippen LogP contribution >= 0.6 is 0 Å². The number of anilines is 1. The molecule has 34 heavy (non-hydrogen) atoms. The Hall–Kier alpha value is -2.85. The van der Waals surface area contributed by atoms with Gasteiger partial charge in [0.05, 0.1) is 22.3 Å². The van der Waals surface area contributed by atoms with Crippen LogP contribution in [-0.4, -0.2) is 24.4 Å². The largest absolute Gasteiger partial charge is 0.313 e. The van der Waals surface area contributed by atoms with Crippen molar-refractivity contribution in [2.24, 2.45) is 5.92 Å². The van der Waals surface area contributed by atoms with Gasteiger partial charge in [-0.3, -0.25) is 9.52 Å². The van der Waals surface area contributed by atoms with Gasteiger partial charge in [0, 0.05) is 12.6 Å². The predicted octanol–water partition coefficient (Wildman–Crippen LogP) is 4.45. The molecule has 0 radical (unpaired) electrons. The molecule has 7 nitrogen and oxygen atoms in total. The van der Waals surface area contributed by atoms with Gasteiger partial charge in [-0.25, -0.2) is 22.2 Å². The summed E-state index contributed by atoms with van der Waals surface area (Å²) in [5.74, 6) is -0.752. The third-order valence-electron chi connectivity index (χ3n) is 6.35. The SMILES string of the molecule is C[C@@H](CC1CCCCC1)NCc1cc(F)ccc1NS(=O)(=O)c1cc(F)c2nc[nH]c(=O)c2c1. The lowest BCUT2D eigenvalue weighted by Crippen LogP contribution is -2.29. The Morgan fingerprint density at radius 1 is 1.15 bits per heavy atom. The molecule has 0 aliphatic heterocycles. The maximum absolute atomic E-state index is 14.5. The Balaban J connectivity index is 1.54. The molecule has 0 saturated heterocycles. The highest BCUT2D eigenvalue weighted by Crippen LogP contribution is 2.28. The van der Waals surface area contributed by atoms with E-state index in [1.54, 1.807) is 0 Å². The number of aromatic amines is 1. The quantitative estimate of drug-likeness (QED) is 0.433. The molecule has 1 atom stereocenters. The Kier molecular flexibility index (Phi) is 7.27. The summed E-state index contributed by atoms with van der Waals surface area (Å²) in [5, 5.41) is 3.18. The first kappa shape index (κ1) is 24.3. The van der Waals surface area contributed by atoms with E-state index in [2.05, 4.69) is 26.9 Å². The van der Waals surface area contributed by atoms with E-state index >= 15 is 0 Å². The molecule has 4 rings (SSSR count). The van der Waals surface area contributed by atoms with Gasteiger partial charge in [0.15, 0.2) is 5.82 Å². The second-order valence-corrected chi connectivity index (χ2v) is 10.6. The van der Waals surface area contributed by atoms with Crippen LogP contribution in [0, 0.1) is 17.6 Å². The number of hydrogen-bond acceptors (Lipinski definition) is 5. The Bertz CT molecular complexity index is 1340. The second-order valence-electron chi connectivity index (χ2n) is 8.96. The number of nitrogens with one attached hydrogen (secondary N) is 3. The zero-order chi connectivity index (χ0) is 24.3. The lowest BCUT2D eigenvalue weighted by Gasteiger charge is -2.25. The lowest BCUT2D eigenvalue weighted by molar-refractivity contribution is 0.304. The van der Waals surface area contributed by atoms with Crippen molar-refractivity contribution in [2.75, 3.05) is 4.72 Å². The Morgan fingerprint density at radius 2 is 1.91 bits per heavy atom. The molecule has 10 heteroatoms. The van der Waals surface area contributed by atoms with E-state index in [1.165, 1.54) is 44.2 Å². The lowest BCUT2D eigenvalue weighted by atomic mass is 9.85. The molecule has 3 N–H and O–H groups in total. The molecule has 1 fully saturated rings. The summed E-state index contributed by atoms with van der Waals surface area (Å²) >= 11 is 0. The topological polar surface area (TPSA) is 104 Å². The first-order valence-corrected chi connectivity index (χ1v) is 12.9. The molecule has 3 aromatic rings. The molecule has 0 spiro atoms. The molecule has 0 unspecified atom stereocenters. The van der Waals surface area contributed by atoms with Crippen molar-refractivity contribution in [3.05, 3.63) is 64.2 Å². The van der Waals surface area contributed by atoms with Crippen molar-refractivity contribution >= 4 is 26.6 Å². The van der Waals surface area contributed by atoms with Gasteiger partial charge < -0.3 is 10.3 Å². The average Bonchev–Trinajstić information content (AvgIpc) is 2.80. The Morgan fingerprint density at radius 3 is 2.68 bits per heavy atom. The molecule has 0 bridgehead atoms. The molecule has 1 heterocycles. The van der Waals surface area contributed by atoms with Gasteiger partial charge in [0.2, 0.25) is 0 Å². The molecule has 2 aromatic carbocycles. The summed E-state index contributed by atoms with van der Waals surface area (Å²) in [5.41, 5.74) is -0.264. The number of benzene rings is 2. The molecule has 0 amide bonds. The van der Waals surface area contributed by atoms with Crippen LogP contribution in [0.15, 0.2) is 46.3 Å². The van der Waals surface area contributed by atoms with Crippen LogP contribution in [-0.2, 0) is 16.6 Å². The third-order valence-corrected chi connectivity index (χ3v) is 7.69. The summed E-state index contributed by atoms with van der Waals surface area (Å²) in [4.78, 5) is 17.7. The van der Waals surface area contributed by atoms with Crippen LogP contribution < -0.4 is 15.6 Å². The average molecular weight is 491 g/mol. The minimum Gasteiger partial charge on any atom is -0.313 e. The van der Waals surface area contributed by atoms with Crippen molar-refractivity contribution in [1.82, 2.24) is 15.3 Å². The van der Waals surface area contributed by atoms with Gasteiger partial charge in [0.1, 0.15) is 11.3 Å². The number of fused-ring (bicyclic) bond motifs is 1. The van der Waals surface area contributed by atoms with Crippen molar-refractivity contribution < 1.29 is 17.2 Å². The standard InChI is InChI=1S/C24H28F2N4O3S/c1-15(9-16-5-3-2-4-6-16)27-13-17-10-18(25)7-8-22(17)30-34(32,33)19-11-20-23(21(26)12-19)28-14-29-24(20)31/h7-8,10-12,14-16,27,30H,2-6,9,13H2,1H3,(H,28,29,31)/t15-/m0/s1. The summed E-state index contributed by atoms with van der Waals surface area (Å²) < 4.78 is 56.9. The minimum atomic E-state index is -4.26. The van der Waals surface area contributed by atoms with Crippen molar-refractivity contribution in [3.63, 3.8) is 0 Å². The van der Waals surface area contributed by atoms with E-state index in [1.807, 2.05) is 0 Å². The number of sulfonamides is 1. The predicted molar refractivity (Wildman–Crippen MR) is 127 cm³/mol. The zero-order valence-electron chi connectivity index (χ0n) is 18.9. The fourth-order valence-electron chi connectivity index (χ4n) is 4.57. The number of H-pyrrole nitrogens is 1. The highest BCUT2D eigenvalue weighted by molar-refractivity contribution is 7.92. The van der Waals surface area contributed by atoms with Gasteiger partial charge in [-0.15, -0.1) is 0 Å². The van der Waals surface area contributed by atoms with Gasteiger partial charge in [-0.05, 0) is 55.2 Å². The molecular formula is C24H28F2N4O3S. The molecule has 1 aromatic heterocycles. The minimum absolute atomic E-state index is 0.180. The molecule has 1 aliphatic carbocycles. The molecular weight excluding hydrogens is 462 g/mol. The first-order chi connectivity index (χ1) is 16.2. The van der Waals surface area contributed by atoms with Crippen molar-refractivity contribution in [1.29, 1.82) is 0 Å². The fourth-order valence-corrected chi connectivity index (χ4v) is 5.71. The maximum Gasteiger partial charge on any atom is 0.262 e. The van der Waals surface area contributed by atoms with Crippen LogP contribution in [0.4, 0.5) is 14.5 Å². The van der Waals surface area contributed by atoms with E-state index in [0.717, 1.165) is 30.9 Å². The van der Waals surface area contributed by atoms with Crippen LogP contribution in [0.3, 0.4) is 0 Å². The van der Waals surface area contributed by atoms with Crippen molar-refractivity contribution in [3.8, 4) is 0 Å². The number of nitrogens with zero attached hydrogens (tertiary/aromatic N) is 1. The van der Waals surface area contributed by atoms with E-state index in [0.29, 0.717) is 11.5 Å². The van der Waals surface area contributed by atoms with E-state index < -0.39 is 32.1 Å². The number of halogens is 2. The van der Waals surface area contributed by atoms with Crippen LogP contribution in [0.25, 0.3) is 10.9 Å². The van der Waals surface area contributed by atoms with E-state index in [-0.39, 0.29) is 29.2 Å². The first-order valence-electron chi connectivity index (χ1n) is 11.4. The van der Waals surface area contributed by atoms with E-state index in [4.69, 9.17) is 0 Å². The maximum atomic E-state index is 14.5. The summed E-state index contributed by atoms with van der Waals surface area (Å²) in [7, 11) is -4.26. The number of aromatic nitrogens is 2. The number of hydrogen-bond donors (Lipinski definition) is 3. The van der Waals surface area contributed by atoms with Gasteiger partial charge in [-0.2, -0.15) is 0 Å². The highest BCUT2D eigenvalue weighted by Gasteiger charge is 2.21. The van der Waals surface area contributed by atoms with Crippen LogP contribution in [0.5, 0.6) is 0 Å². The van der Waals surface area contributed by atoms with Crippen LogP contribution in [0.1, 0.15) is 51.0 Å². The summed E-state index contributed by atoms with van der Waals surface area (Å²) in [6, 6.07) is 5.83. The van der Waals surface area contributed by atoms with E-state index in [9.17, 15) is 22.0 Å². The normalized spacial score (nSPS) is 16.0. The van der Waals surface area contributed by atoms with Gasteiger partial charge >= 0.3 is 0 Å².